The van der Waals surface area contributed by atoms with Gasteiger partial charge in [-0.15, -0.1) is 0 Å². The SMILES string of the molecule is COc1ccc(C=NNc2nc3c(c(=O)n(C)c(=O)n3C)n2C)cc1OC. The van der Waals surface area contributed by atoms with Crippen LogP contribution >= 0.6 is 0 Å². The summed E-state index contributed by atoms with van der Waals surface area (Å²) in [5.74, 6) is 1.54. The molecule has 1 N–H and O–H groups in total. The van der Waals surface area contributed by atoms with Crippen LogP contribution in [0.2, 0.25) is 0 Å². The van der Waals surface area contributed by atoms with Crippen molar-refractivity contribution < 1.29 is 9.47 Å². The van der Waals surface area contributed by atoms with Crippen LogP contribution in [0, 0.1) is 0 Å². The maximum absolute atomic E-state index is 12.4. The van der Waals surface area contributed by atoms with Crippen LogP contribution in [0.4, 0.5) is 5.95 Å². The third kappa shape index (κ3) is 3.05. The third-order valence-corrected chi connectivity index (χ3v) is 4.26. The van der Waals surface area contributed by atoms with Gasteiger partial charge < -0.3 is 14.0 Å². The summed E-state index contributed by atoms with van der Waals surface area (Å²) in [6, 6.07) is 5.37. The predicted molar refractivity (Wildman–Crippen MR) is 102 cm³/mol. The van der Waals surface area contributed by atoms with Crippen molar-refractivity contribution in [1.29, 1.82) is 0 Å². The number of imidazole rings is 1. The van der Waals surface area contributed by atoms with E-state index in [9.17, 15) is 9.59 Å². The molecule has 3 rings (SSSR count). The minimum absolute atomic E-state index is 0.286. The molecule has 27 heavy (non-hydrogen) atoms. The van der Waals surface area contributed by atoms with E-state index in [1.165, 1.54) is 11.6 Å². The number of nitrogens with one attached hydrogen (secondary N) is 1. The molecule has 0 fully saturated rings. The quantitative estimate of drug-likeness (QED) is 0.515. The molecule has 0 amide bonds. The number of aryl methyl sites for hydroxylation is 2. The van der Waals surface area contributed by atoms with E-state index in [2.05, 4.69) is 15.5 Å². The molecule has 0 saturated heterocycles. The van der Waals surface area contributed by atoms with Crippen molar-refractivity contribution in [3.8, 4) is 11.5 Å². The molecule has 2 aromatic heterocycles. The lowest BCUT2D eigenvalue weighted by Gasteiger charge is -2.07. The molecule has 0 aliphatic heterocycles. The molecule has 0 radical (unpaired) electrons. The number of ether oxygens (including phenoxy) is 2. The Balaban J connectivity index is 1.94. The van der Waals surface area contributed by atoms with Crippen LogP contribution < -0.4 is 26.1 Å². The average molecular weight is 372 g/mol. The Hall–Kier alpha value is -3.56. The molecule has 10 nitrogen and oxygen atoms in total. The first-order valence-corrected chi connectivity index (χ1v) is 8.02. The molecule has 0 aliphatic carbocycles. The van der Waals surface area contributed by atoms with E-state index in [1.54, 1.807) is 51.2 Å². The highest BCUT2D eigenvalue weighted by atomic mass is 16.5. The summed E-state index contributed by atoms with van der Waals surface area (Å²) < 4.78 is 14.4. The fourth-order valence-corrected chi connectivity index (χ4v) is 2.72. The first-order chi connectivity index (χ1) is 12.9. The lowest BCUT2D eigenvalue weighted by atomic mass is 10.2. The normalized spacial score (nSPS) is 11.3. The molecule has 10 heteroatoms. The monoisotopic (exact) mass is 372 g/mol. The van der Waals surface area contributed by atoms with Crippen molar-refractivity contribution in [3.05, 3.63) is 44.6 Å². The van der Waals surface area contributed by atoms with Crippen LogP contribution in [0.5, 0.6) is 11.5 Å². The average Bonchev–Trinajstić information content (AvgIpc) is 3.01. The molecule has 0 saturated carbocycles. The molecule has 0 spiro atoms. The second-order valence-electron chi connectivity index (χ2n) is 5.86. The second-order valence-corrected chi connectivity index (χ2v) is 5.86. The number of hydrazone groups is 1. The Morgan fingerprint density at radius 3 is 2.41 bits per heavy atom. The summed E-state index contributed by atoms with van der Waals surface area (Å²) in [5, 5.41) is 4.15. The lowest BCUT2D eigenvalue weighted by molar-refractivity contribution is 0.355. The van der Waals surface area contributed by atoms with E-state index >= 15 is 0 Å². The number of anilines is 1. The summed E-state index contributed by atoms with van der Waals surface area (Å²) in [6.07, 6.45) is 1.58. The fraction of sp³-hybridized carbons (Fsp3) is 0.294. The van der Waals surface area contributed by atoms with Gasteiger partial charge in [0.25, 0.3) is 5.56 Å². The van der Waals surface area contributed by atoms with Gasteiger partial charge >= 0.3 is 5.69 Å². The van der Waals surface area contributed by atoms with Crippen LogP contribution in [0.25, 0.3) is 11.2 Å². The predicted octanol–water partition coefficient (Wildman–Crippen LogP) is 0.434. The first-order valence-electron chi connectivity index (χ1n) is 8.02. The van der Waals surface area contributed by atoms with Gasteiger partial charge in [-0.1, -0.05) is 0 Å². The lowest BCUT2D eigenvalue weighted by Crippen LogP contribution is -2.37. The van der Waals surface area contributed by atoms with E-state index in [1.807, 2.05) is 6.07 Å². The third-order valence-electron chi connectivity index (χ3n) is 4.26. The van der Waals surface area contributed by atoms with Gasteiger partial charge in [0.1, 0.15) is 0 Å². The van der Waals surface area contributed by atoms with Gasteiger partial charge in [0.05, 0.1) is 20.4 Å². The zero-order chi connectivity index (χ0) is 19.7. The summed E-state index contributed by atoms with van der Waals surface area (Å²) in [7, 11) is 7.79. The molecule has 1 aromatic carbocycles. The maximum Gasteiger partial charge on any atom is 0.332 e. The van der Waals surface area contributed by atoms with Gasteiger partial charge in [0, 0.05) is 21.1 Å². The largest absolute Gasteiger partial charge is 0.493 e. The summed E-state index contributed by atoms with van der Waals surface area (Å²) in [5.41, 5.74) is 3.32. The summed E-state index contributed by atoms with van der Waals surface area (Å²) in [4.78, 5) is 28.7. The van der Waals surface area contributed by atoms with Gasteiger partial charge in [-0.25, -0.2) is 10.2 Å². The topological polar surface area (TPSA) is 105 Å². The van der Waals surface area contributed by atoms with E-state index in [-0.39, 0.29) is 5.65 Å². The number of rotatable bonds is 5. The number of benzene rings is 1. The van der Waals surface area contributed by atoms with Gasteiger partial charge in [-0.2, -0.15) is 10.1 Å². The maximum atomic E-state index is 12.4. The van der Waals surface area contributed by atoms with Crippen molar-refractivity contribution in [2.75, 3.05) is 19.6 Å². The number of hydrogen-bond acceptors (Lipinski definition) is 7. The number of nitrogens with zero attached hydrogens (tertiary/aromatic N) is 5. The highest BCUT2D eigenvalue weighted by Crippen LogP contribution is 2.26. The fourth-order valence-electron chi connectivity index (χ4n) is 2.72. The minimum Gasteiger partial charge on any atom is -0.493 e. The van der Waals surface area contributed by atoms with Gasteiger partial charge in [-0.05, 0) is 23.8 Å². The van der Waals surface area contributed by atoms with E-state index in [0.717, 1.165) is 10.1 Å². The zero-order valence-corrected chi connectivity index (χ0v) is 15.7. The highest BCUT2D eigenvalue weighted by Gasteiger charge is 2.16. The Bertz CT molecular complexity index is 1150. The number of hydrogen-bond donors (Lipinski definition) is 1. The van der Waals surface area contributed by atoms with Crippen molar-refractivity contribution in [2.24, 2.45) is 26.2 Å². The number of fused-ring (bicyclic) bond motifs is 1. The van der Waals surface area contributed by atoms with Crippen molar-refractivity contribution in [2.45, 2.75) is 0 Å². The Morgan fingerprint density at radius 2 is 1.74 bits per heavy atom. The highest BCUT2D eigenvalue weighted by molar-refractivity contribution is 5.81. The van der Waals surface area contributed by atoms with Crippen molar-refractivity contribution in [1.82, 2.24) is 18.7 Å². The molecule has 2 heterocycles. The number of methoxy groups -OCH3 is 2. The van der Waals surface area contributed by atoms with E-state index in [4.69, 9.17) is 9.47 Å². The Labute approximate surface area is 154 Å². The first kappa shape index (κ1) is 18.2. The molecule has 0 bridgehead atoms. The molecule has 0 atom stereocenters. The van der Waals surface area contributed by atoms with Crippen LogP contribution in [0.15, 0.2) is 32.9 Å². The molecular weight excluding hydrogens is 352 g/mol. The molecule has 0 unspecified atom stereocenters. The standard InChI is InChI=1S/C17H20N6O4/c1-21-13-14(22(2)17(25)23(3)15(13)24)19-16(21)20-18-9-10-6-7-11(26-4)12(8-10)27-5/h6-9H,1-5H3,(H,19,20). The zero-order valence-electron chi connectivity index (χ0n) is 15.7. The molecule has 3 aromatic rings. The molecular formula is C17H20N6O4. The second kappa shape index (κ2) is 6.98. The summed E-state index contributed by atoms with van der Waals surface area (Å²) >= 11 is 0. The Morgan fingerprint density at radius 1 is 1.04 bits per heavy atom. The summed E-state index contributed by atoms with van der Waals surface area (Å²) in [6.45, 7) is 0. The van der Waals surface area contributed by atoms with Crippen LogP contribution in [0.1, 0.15) is 5.56 Å². The number of aromatic nitrogens is 4. The van der Waals surface area contributed by atoms with Gasteiger partial charge in [-0.3, -0.25) is 13.9 Å². The van der Waals surface area contributed by atoms with Crippen LogP contribution in [-0.2, 0) is 21.1 Å². The molecule has 142 valence electrons. The Kier molecular flexibility index (Phi) is 4.72. The minimum atomic E-state index is -0.439. The van der Waals surface area contributed by atoms with Crippen LogP contribution in [-0.4, -0.2) is 39.1 Å². The van der Waals surface area contributed by atoms with E-state index < -0.39 is 11.2 Å². The van der Waals surface area contributed by atoms with Gasteiger partial charge in [0.15, 0.2) is 22.7 Å². The van der Waals surface area contributed by atoms with Crippen molar-refractivity contribution in [3.63, 3.8) is 0 Å². The van der Waals surface area contributed by atoms with Crippen LogP contribution in [0.3, 0.4) is 0 Å². The van der Waals surface area contributed by atoms with Gasteiger partial charge in [0.2, 0.25) is 5.95 Å². The van der Waals surface area contributed by atoms with Crippen molar-refractivity contribution >= 4 is 23.3 Å². The smallest absolute Gasteiger partial charge is 0.332 e. The van der Waals surface area contributed by atoms with E-state index in [0.29, 0.717) is 23.0 Å². The molecule has 0 aliphatic rings.